The Morgan fingerprint density at radius 2 is 2.05 bits per heavy atom. The molecule has 6 heteroatoms. The van der Waals surface area contributed by atoms with Crippen molar-refractivity contribution in [2.24, 2.45) is 0 Å². The second-order valence-corrected chi connectivity index (χ2v) is 5.82. The standard InChI is InChI=1S/C15H11BrN2O3/c16-10-4-5-14-12(8-10)13(15(19)17-14)7-9-2-1-3-11(6-9)18(20)21/h1-6,8,13H,7H2,(H,17,19)/t13-/m0/s1. The van der Waals surface area contributed by atoms with E-state index in [0.717, 1.165) is 21.3 Å². The quantitative estimate of drug-likeness (QED) is 0.681. The molecule has 0 unspecified atom stereocenters. The monoisotopic (exact) mass is 346 g/mol. The third-order valence-electron chi connectivity index (χ3n) is 3.52. The Hall–Kier alpha value is -2.21. The number of anilines is 1. The molecule has 106 valence electrons. The molecule has 5 nitrogen and oxygen atoms in total. The van der Waals surface area contributed by atoms with Crippen LogP contribution in [0.25, 0.3) is 0 Å². The van der Waals surface area contributed by atoms with Crippen molar-refractivity contribution in [3.63, 3.8) is 0 Å². The Morgan fingerprint density at radius 3 is 2.81 bits per heavy atom. The second-order valence-electron chi connectivity index (χ2n) is 4.90. The minimum atomic E-state index is -0.428. The topological polar surface area (TPSA) is 72.2 Å². The van der Waals surface area contributed by atoms with E-state index < -0.39 is 4.92 Å². The normalized spacial score (nSPS) is 16.4. The highest BCUT2D eigenvalue weighted by Crippen LogP contribution is 2.36. The lowest BCUT2D eigenvalue weighted by atomic mass is 9.93. The summed E-state index contributed by atoms with van der Waals surface area (Å²) in [4.78, 5) is 22.5. The average Bonchev–Trinajstić information content (AvgIpc) is 2.75. The minimum Gasteiger partial charge on any atom is -0.325 e. The first kappa shape index (κ1) is 13.8. The second kappa shape index (κ2) is 5.29. The summed E-state index contributed by atoms with van der Waals surface area (Å²) >= 11 is 3.40. The molecule has 0 saturated heterocycles. The molecule has 1 amide bonds. The third kappa shape index (κ3) is 2.67. The van der Waals surface area contributed by atoms with Crippen molar-refractivity contribution in [2.75, 3.05) is 5.32 Å². The number of fused-ring (bicyclic) bond motifs is 1. The number of carbonyl (C=O) groups is 1. The summed E-state index contributed by atoms with van der Waals surface area (Å²) in [5.41, 5.74) is 2.54. The summed E-state index contributed by atoms with van der Waals surface area (Å²) in [6.07, 6.45) is 0.441. The van der Waals surface area contributed by atoms with Gasteiger partial charge in [0.25, 0.3) is 5.69 Å². The zero-order valence-electron chi connectivity index (χ0n) is 10.9. The Kier molecular flexibility index (Phi) is 3.47. The van der Waals surface area contributed by atoms with Gasteiger partial charge in [-0.25, -0.2) is 0 Å². The van der Waals surface area contributed by atoms with Gasteiger partial charge in [0.15, 0.2) is 0 Å². The highest BCUT2D eigenvalue weighted by Gasteiger charge is 2.30. The molecule has 0 radical (unpaired) electrons. The van der Waals surface area contributed by atoms with Gasteiger partial charge in [-0.15, -0.1) is 0 Å². The Labute approximate surface area is 129 Å². The van der Waals surface area contributed by atoms with Crippen LogP contribution in [0.1, 0.15) is 17.0 Å². The number of amides is 1. The molecule has 0 aliphatic carbocycles. The maximum absolute atomic E-state index is 12.1. The summed E-state index contributed by atoms with van der Waals surface area (Å²) < 4.78 is 0.904. The van der Waals surface area contributed by atoms with Crippen LogP contribution < -0.4 is 5.32 Å². The first-order valence-electron chi connectivity index (χ1n) is 6.38. The number of nitro benzene ring substituents is 1. The summed E-state index contributed by atoms with van der Waals surface area (Å²) in [5, 5.41) is 13.7. The molecule has 0 aromatic heterocycles. The van der Waals surface area contributed by atoms with Crippen LogP contribution in [-0.2, 0) is 11.2 Å². The highest BCUT2D eigenvalue weighted by molar-refractivity contribution is 9.10. The van der Waals surface area contributed by atoms with Crippen molar-refractivity contribution < 1.29 is 9.72 Å². The molecule has 1 aliphatic heterocycles. The van der Waals surface area contributed by atoms with Gasteiger partial charge < -0.3 is 5.32 Å². The number of carbonyl (C=O) groups excluding carboxylic acids is 1. The SMILES string of the molecule is O=C1Nc2ccc(Br)cc2[C@@H]1Cc1cccc([N+](=O)[O-])c1. The molecular formula is C15H11BrN2O3. The molecule has 1 N–H and O–H groups in total. The number of rotatable bonds is 3. The molecule has 21 heavy (non-hydrogen) atoms. The molecule has 1 heterocycles. The maximum atomic E-state index is 12.1. The fraction of sp³-hybridized carbons (Fsp3) is 0.133. The van der Waals surface area contributed by atoms with E-state index in [2.05, 4.69) is 21.2 Å². The van der Waals surface area contributed by atoms with E-state index in [4.69, 9.17) is 0 Å². The van der Waals surface area contributed by atoms with Gasteiger partial charge in [0.2, 0.25) is 5.91 Å². The molecule has 1 atom stereocenters. The van der Waals surface area contributed by atoms with E-state index in [-0.39, 0.29) is 17.5 Å². The largest absolute Gasteiger partial charge is 0.325 e. The van der Waals surface area contributed by atoms with Gasteiger partial charge in [-0.3, -0.25) is 14.9 Å². The van der Waals surface area contributed by atoms with Crippen LogP contribution in [-0.4, -0.2) is 10.8 Å². The number of nitrogens with one attached hydrogen (secondary N) is 1. The number of halogens is 1. The number of hydrogen-bond donors (Lipinski definition) is 1. The zero-order chi connectivity index (χ0) is 15.0. The van der Waals surface area contributed by atoms with Crippen LogP contribution >= 0.6 is 15.9 Å². The van der Waals surface area contributed by atoms with Gasteiger partial charge in [0, 0.05) is 22.3 Å². The number of benzene rings is 2. The smallest absolute Gasteiger partial charge is 0.269 e. The van der Waals surface area contributed by atoms with Crippen LogP contribution in [0.2, 0.25) is 0 Å². The Bertz CT molecular complexity index is 745. The lowest BCUT2D eigenvalue weighted by Gasteiger charge is -2.09. The van der Waals surface area contributed by atoms with E-state index in [1.54, 1.807) is 12.1 Å². The molecule has 0 bridgehead atoms. The van der Waals surface area contributed by atoms with Crippen LogP contribution in [0.4, 0.5) is 11.4 Å². The van der Waals surface area contributed by atoms with E-state index in [1.165, 1.54) is 12.1 Å². The van der Waals surface area contributed by atoms with Gasteiger partial charge >= 0.3 is 0 Å². The fourth-order valence-electron chi connectivity index (χ4n) is 2.53. The predicted octanol–water partition coefficient (Wildman–Crippen LogP) is 3.64. The minimum absolute atomic E-state index is 0.0420. The molecule has 1 aliphatic rings. The lowest BCUT2D eigenvalue weighted by Crippen LogP contribution is -2.14. The van der Waals surface area contributed by atoms with Gasteiger partial charge in [0.05, 0.1) is 10.8 Å². The molecule has 0 saturated carbocycles. The molecule has 2 aromatic rings. The van der Waals surface area contributed by atoms with E-state index in [1.807, 2.05) is 18.2 Å². The van der Waals surface area contributed by atoms with Crippen molar-refractivity contribution in [2.45, 2.75) is 12.3 Å². The van der Waals surface area contributed by atoms with Gasteiger partial charge in [-0.05, 0) is 35.7 Å². The fourth-order valence-corrected chi connectivity index (χ4v) is 2.91. The summed E-state index contributed by atoms with van der Waals surface area (Å²) in [5.74, 6) is -0.394. The average molecular weight is 347 g/mol. The zero-order valence-corrected chi connectivity index (χ0v) is 12.5. The van der Waals surface area contributed by atoms with E-state index in [9.17, 15) is 14.9 Å². The summed E-state index contributed by atoms with van der Waals surface area (Å²) in [7, 11) is 0. The lowest BCUT2D eigenvalue weighted by molar-refractivity contribution is -0.384. The van der Waals surface area contributed by atoms with Gasteiger partial charge in [0.1, 0.15) is 0 Å². The van der Waals surface area contributed by atoms with Crippen molar-refractivity contribution in [3.05, 3.63) is 68.2 Å². The Balaban J connectivity index is 1.92. The van der Waals surface area contributed by atoms with E-state index in [0.29, 0.717) is 6.42 Å². The number of hydrogen-bond acceptors (Lipinski definition) is 3. The maximum Gasteiger partial charge on any atom is 0.269 e. The molecule has 2 aromatic carbocycles. The summed E-state index contributed by atoms with van der Waals surface area (Å²) in [6.45, 7) is 0. The van der Waals surface area contributed by atoms with Crippen molar-refractivity contribution in [1.82, 2.24) is 0 Å². The Morgan fingerprint density at radius 1 is 1.24 bits per heavy atom. The highest BCUT2D eigenvalue weighted by atomic mass is 79.9. The number of non-ortho nitro benzene ring substituents is 1. The molecule has 0 spiro atoms. The van der Waals surface area contributed by atoms with Gasteiger partial charge in [-0.2, -0.15) is 0 Å². The van der Waals surface area contributed by atoms with Gasteiger partial charge in [-0.1, -0.05) is 28.1 Å². The van der Waals surface area contributed by atoms with Crippen LogP contribution in [0.15, 0.2) is 46.9 Å². The molecular weight excluding hydrogens is 336 g/mol. The predicted molar refractivity (Wildman–Crippen MR) is 82.3 cm³/mol. The number of nitro groups is 1. The van der Waals surface area contributed by atoms with Crippen LogP contribution in [0.3, 0.4) is 0 Å². The van der Waals surface area contributed by atoms with E-state index >= 15 is 0 Å². The molecule has 0 fully saturated rings. The number of nitrogens with zero attached hydrogens (tertiary/aromatic N) is 1. The van der Waals surface area contributed by atoms with Crippen LogP contribution in [0.5, 0.6) is 0 Å². The first-order valence-corrected chi connectivity index (χ1v) is 7.17. The third-order valence-corrected chi connectivity index (χ3v) is 4.02. The van der Waals surface area contributed by atoms with Crippen molar-refractivity contribution >= 4 is 33.2 Å². The van der Waals surface area contributed by atoms with Crippen molar-refractivity contribution in [3.8, 4) is 0 Å². The molecule has 3 rings (SSSR count). The summed E-state index contributed by atoms with van der Waals surface area (Å²) in [6, 6.07) is 12.0. The van der Waals surface area contributed by atoms with Crippen LogP contribution in [0, 0.1) is 10.1 Å². The first-order chi connectivity index (χ1) is 10.0. The van der Waals surface area contributed by atoms with Crippen molar-refractivity contribution in [1.29, 1.82) is 0 Å².